The van der Waals surface area contributed by atoms with Gasteiger partial charge in [-0.3, -0.25) is 4.79 Å². The number of aromatic nitrogens is 14. The van der Waals surface area contributed by atoms with E-state index in [1.807, 2.05) is 45.3 Å². The van der Waals surface area contributed by atoms with Crippen molar-refractivity contribution in [3.63, 3.8) is 0 Å². The van der Waals surface area contributed by atoms with Crippen LogP contribution >= 0.6 is 15.9 Å². The summed E-state index contributed by atoms with van der Waals surface area (Å²) in [6.45, 7) is 17.1. The molecule has 21 nitrogen and oxygen atoms in total. The molecule has 8 aromatic heterocycles. The van der Waals surface area contributed by atoms with E-state index >= 15 is 0 Å². The van der Waals surface area contributed by atoms with Crippen molar-refractivity contribution in [3.8, 4) is 22.8 Å². The van der Waals surface area contributed by atoms with Crippen LogP contribution in [0.4, 0.5) is 17.5 Å². The molecule has 0 spiro atoms. The van der Waals surface area contributed by atoms with E-state index in [0.29, 0.717) is 6.04 Å². The van der Waals surface area contributed by atoms with E-state index in [9.17, 15) is 0 Å². The van der Waals surface area contributed by atoms with Gasteiger partial charge in [0.05, 0.1) is 11.1 Å². The molecule has 2 fully saturated rings. The number of carbonyl (C=O) groups excluding carboxylic acids is 1. The molecule has 2 atom stereocenters. The van der Waals surface area contributed by atoms with Crippen LogP contribution in [-0.2, 0) is 22.8 Å². The normalized spacial score (nSPS) is 14.8. The van der Waals surface area contributed by atoms with Crippen molar-refractivity contribution >= 4 is 62.2 Å². The monoisotopic (exact) mass is 1050 g/mol. The van der Waals surface area contributed by atoms with E-state index in [-0.39, 0.29) is 117 Å². The molecule has 2 aliphatic rings. The summed E-state index contributed by atoms with van der Waals surface area (Å²) in [6, 6.07) is 8.76. The number of anilines is 3. The van der Waals surface area contributed by atoms with Crippen LogP contribution in [0.1, 0.15) is 50.9 Å². The fraction of sp³-hybridized carbons (Fsp3) is 0.356. The van der Waals surface area contributed by atoms with Gasteiger partial charge in [-0.05, 0) is 100 Å². The van der Waals surface area contributed by atoms with Crippen LogP contribution in [0.3, 0.4) is 0 Å². The molecule has 0 aromatic carbocycles. The Morgan fingerprint density at radius 3 is 1.64 bits per heavy atom. The second kappa shape index (κ2) is 27.6. The minimum Gasteiger partial charge on any atom is -1.00 e. The first-order valence-electron chi connectivity index (χ1n) is 21.8. The van der Waals surface area contributed by atoms with E-state index < -0.39 is 0 Å². The Morgan fingerprint density at radius 2 is 1.22 bits per heavy atom. The number of hydrogen-bond donors (Lipinski definition) is 3. The largest absolute Gasteiger partial charge is 1.00 e. The van der Waals surface area contributed by atoms with Gasteiger partial charge < -0.3 is 41.6 Å². The fourth-order valence-corrected chi connectivity index (χ4v) is 7.72. The number of imidazole rings is 2. The molecule has 0 unspecified atom stereocenters. The molecule has 8 aromatic rings. The van der Waals surface area contributed by atoms with Crippen LogP contribution < -0.4 is 129 Å². The summed E-state index contributed by atoms with van der Waals surface area (Å²) in [5, 5.41) is 18.9. The summed E-state index contributed by atoms with van der Waals surface area (Å²) >= 11 is 3.23. The Labute approximate surface area is 494 Å². The number of fused-ring (bicyclic) bond motifs is 2. The summed E-state index contributed by atoms with van der Waals surface area (Å²) in [4.78, 5) is 66.9. The number of aryl methyl sites for hydroxylation is 6. The Balaban J connectivity index is 0.000000242. The standard InChI is InChI=1S/C22H25N9.C16H20N8.C6H6BrN.CH2O3.2K.H/c1-4-31-21(16-10-23-15(3)24-11-16)29-19-20(26-13-27-22(19)31)28-17-7-8-30(12-17)18-6-5-14(2)9-25-18;1-3-24-15(11-6-18-10(2)19-7-11)23-13-14(20-9-21-16(13)24)22-12-4-5-17-8-12;1-5-2-3-6(7)8-4-5;2-1-4-3;;;/h5-6,9-11,13,17H,4,7-8,12H2,1-3H3,(H,26,27,28);6-7,9,12,17H,3-5,8H2,1-2H3,(H,20,21,22);2-4H,1H3;1,3H;;;/q;;;;2*+1;-1/p-1/t17-;12-;;;;;/m00...../s1. The average Bonchev–Trinajstić information content (AvgIpc) is 4.18. The summed E-state index contributed by atoms with van der Waals surface area (Å²) in [5.74, 6) is 5.66. The molecule has 69 heavy (non-hydrogen) atoms. The Kier molecular flexibility index (Phi) is 22.4. The molecule has 3 N–H and O–H groups in total. The molecule has 0 amide bonds. The Bertz CT molecular complexity index is 2840. The maximum atomic E-state index is 8.64. The van der Waals surface area contributed by atoms with Gasteiger partial charge in [0.25, 0.3) is 6.47 Å². The van der Waals surface area contributed by atoms with Gasteiger partial charge in [0, 0.05) is 82.0 Å². The van der Waals surface area contributed by atoms with Crippen molar-refractivity contribution in [2.75, 3.05) is 41.7 Å². The maximum Gasteiger partial charge on any atom is 1.00 e. The number of carbonyl (C=O) groups is 1. The van der Waals surface area contributed by atoms with Crippen LogP contribution in [0.25, 0.3) is 45.1 Å². The maximum absolute atomic E-state index is 8.64. The Hall–Kier alpha value is -3.90. The zero-order chi connectivity index (χ0) is 47.3. The summed E-state index contributed by atoms with van der Waals surface area (Å²) in [7, 11) is 0. The molecule has 0 aliphatic carbocycles. The van der Waals surface area contributed by atoms with Crippen LogP contribution in [0.2, 0.25) is 0 Å². The van der Waals surface area contributed by atoms with Crippen molar-refractivity contribution in [3.05, 3.63) is 101 Å². The van der Waals surface area contributed by atoms with Crippen molar-refractivity contribution in [2.45, 2.75) is 79.6 Å². The van der Waals surface area contributed by atoms with Crippen LogP contribution in [-0.4, -0.2) is 114 Å². The minimum absolute atomic E-state index is 0. The number of hydrogen-bond acceptors (Lipinski definition) is 19. The first-order valence-corrected chi connectivity index (χ1v) is 22.6. The molecule has 2 saturated heterocycles. The third-order valence-electron chi connectivity index (χ3n) is 10.8. The van der Waals surface area contributed by atoms with Gasteiger partial charge in [-0.2, -0.15) is 0 Å². The van der Waals surface area contributed by atoms with Gasteiger partial charge in [0.1, 0.15) is 46.4 Å². The molecular formula is C45H53BrK2N18O3. The first kappa shape index (κ1) is 56.0. The molecule has 0 bridgehead atoms. The predicted molar refractivity (Wildman–Crippen MR) is 257 cm³/mol. The van der Waals surface area contributed by atoms with E-state index in [2.05, 4.69) is 134 Å². The van der Waals surface area contributed by atoms with Gasteiger partial charge >= 0.3 is 103 Å². The molecule has 24 heteroatoms. The van der Waals surface area contributed by atoms with Crippen LogP contribution in [0.15, 0.2) is 78.7 Å². The van der Waals surface area contributed by atoms with Gasteiger partial charge in [0.15, 0.2) is 34.0 Å². The fourth-order valence-electron chi connectivity index (χ4n) is 7.49. The molecule has 10 rings (SSSR count). The summed E-state index contributed by atoms with van der Waals surface area (Å²) < 4.78 is 5.04. The summed E-state index contributed by atoms with van der Waals surface area (Å²) in [5.41, 5.74) is 7.31. The van der Waals surface area contributed by atoms with Crippen molar-refractivity contribution in [2.24, 2.45) is 0 Å². The SMILES string of the molecule is CCn1c(-c2cnc(C)nc2)nc2c(N[C@H]3CCN(c4ccc(C)cn4)C3)ncnc21.CCn1c(-c2cnc(C)nc2)nc2c(N[C@H]3CCNC3)ncnc21.Cc1ccc(Br)nc1.O=CO[O-].[H-].[K+].[K+]. The van der Waals surface area contributed by atoms with Crippen LogP contribution in [0, 0.1) is 27.7 Å². The number of nitrogens with one attached hydrogen (secondary N) is 3. The molecular weight excluding hydrogens is 999 g/mol. The number of rotatable bonds is 10. The quantitative estimate of drug-likeness (QED) is 0.0493. The van der Waals surface area contributed by atoms with Gasteiger partial charge in [-0.1, -0.05) is 12.1 Å². The van der Waals surface area contributed by atoms with Crippen molar-refractivity contribution in [1.82, 2.24) is 74.3 Å². The Morgan fingerprint density at radius 1 is 0.710 bits per heavy atom. The molecule has 0 saturated carbocycles. The zero-order valence-electron chi connectivity index (χ0n) is 41.1. The minimum atomic E-state index is -0.181. The zero-order valence-corrected chi connectivity index (χ0v) is 48.0. The van der Waals surface area contributed by atoms with Crippen molar-refractivity contribution < 1.29 is 119 Å². The van der Waals surface area contributed by atoms with E-state index in [1.165, 1.54) is 11.1 Å². The van der Waals surface area contributed by atoms with Gasteiger partial charge in [-0.15, -0.1) is 0 Å². The second-order valence-corrected chi connectivity index (χ2v) is 16.5. The first-order chi connectivity index (χ1) is 32.6. The second-order valence-electron chi connectivity index (χ2n) is 15.6. The molecule has 10 heterocycles. The predicted octanol–water partition coefficient (Wildman–Crippen LogP) is -0.901. The van der Waals surface area contributed by atoms with Gasteiger partial charge in [0.2, 0.25) is 0 Å². The van der Waals surface area contributed by atoms with Crippen molar-refractivity contribution in [1.29, 1.82) is 0 Å². The molecule has 350 valence electrons. The smallest absolute Gasteiger partial charge is 1.00 e. The molecule has 0 radical (unpaired) electrons. The number of pyridine rings is 2. The van der Waals surface area contributed by atoms with E-state index in [0.717, 1.165) is 131 Å². The average molecular weight is 1050 g/mol. The van der Waals surface area contributed by atoms with E-state index in [1.54, 1.807) is 37.4 Å². The number of halogens is 1. The third-order valence-corrected chi connectivity index (χ3v) is 11.3. The number of nitrogens with zero attached hydrogens (tertiary/aromatic N) is 15. The summed E-state index contributed by atoms with van der Waals surface area (Å²) in [6.07, 6.45) is 16.2. The van der Waals surface area contributed by atoms with E-state index in [4.69, 9.17) is 20.0 Å². The van der Waals surface area contributed by atoms with Gasteiger partial charge in [-0.25, -0.2) is 59.8 Å². The molecule has 2 aliphatic heterocycles. The topological polar surface area (TPSA) is 253 Å². The van der Waals surface area contributed by atoms with Crippen LogP contribution in [0.5, 0.6) is 0 Å². The third kappa shape index (κ3) is 14.8.